The molecule has 0 bridgehead atoms. The van der Waals surface area contributed by atoms with Crippen LogP contribution in [0.2, 0.25) is 5.02 Å². The van der Waals surface area contributed by atoms with E-state index < -0.39 is 0 Å². The van der Waals surface area contributed by atoms with Crippen molar-refractivity contribution in [3.05, 3.63) is 163 Å². The zero-order chi connectivity index (χ0) is 32.0. The quantitative estimate of drug-likeness (QED) is 0.189. The van der Waals surface area contributed by atoms with Gasteiger partial charge in [-0.15, -0.1) is 0 Å². The Hall–Kier alpha value is -6.10. The van der Waals surface area contributed by atoms with E-state index in [0.717, 1.165) is 71.7 Å². The van der Waals surface area contributed by atoms with Crippen molar-refractivity contribution >= 4 is 44.3 Å². The maximum Gasteiger partial charge on any atom is 0.165 e. The number of hydrogen-bond acceptors (Lipinski definition) is 4. The first-order valence-electron chi connectivity index (χ1n) is 15.8. The van der Waals surface area contributed by atoms with Gasteiger partial charge in [0.15, 0.2) is 17.5 Å². The van der Waals surface area contributed by atoms with Crippen LogP contribution in [-0.4, -0.2) is 15.0 Å². The molecule has 7 aromatic carbocycles. The zero-order valence-corrected chi connectivity index (χ0v) is 26.4. The SMILES string of the molecule is Clc1c(-c2ccccc2)c(-c2ccccc2)c(-c2nc(-c3ccccc3)nc(-c3cccc4oc5ccccc5c34)n2)c2ccccc12. The maximum atomic E-state index is 7.39. The number of halogens is 1. The molecule has 0 unspecified atom stereocenters. The van der Waals surface area contributed by atoms with Crippen molar-refractivity contribution in [2.75, 3.05) is 0 Å². The minimum Gasteiger partial charge on any atom is -0.456 e. The van der Waals surface area contributed by atoms with Crippen LogP contribution < -0.4 is 0 Å². The smallest absolute Gasteiger partial charge is 0.165 e. The van der Waals surface area contributed by atoms with Gasteiger partial charge < -0.3 is 4.42 Å². The molecule has 9 rings (SSSR count). The fraction of sp³-hybridized carbons (Fsp3) is 0. The molecule has 0 aliphatic heterocycles. The van der Waals surface area contributed by atoms with Crippen LogP contribution in [0.25, 0.3) is 89.1 Å². The number of nitrogens with zero attached hydrogens (tertiary/aromatic N) is 3. The first-order valence-corrected chi connectivity index (χ1v) is 16.2. The third kappa shape index (κ3) is 4.65. The average molecular weight is 636 g/mol. The molecule has 0 saturated carbocycles. The Labute approximate surface area is 282 Å². The van der Waals surface area contributed by atoms with E-state index in [1.807, 2.05) is 97.1 Å². The van der Waals surface area contributed by atoms with Crippen LogP contribution in [0.15, 0.2) is 162 Å². The Morgan fingerprint density at radius 1 is 0.375 bits per heavy atom. The van der Waals surface area contributed by atoms with Crippen LogP contribution in [-0.2, 0) is 0 Å². The van der Waals surface area contributed by atoms with Gasteiger partial charge in [0.1, 0.15) is 11.2 Å². The fourth-order valence-corrected chi connectivity index (χ4v) is 7.05. The molecule has 48 heavy (non-hydrogen) atoms. The van der Waals surface area contributed by atoms with Crippen molar-refractivity contribution < 1.29 is 4.42 Å². The van der Waals surface area contributed by atoms with Gasteiger partial charge in [-0.2, -0.15) is 0 Å². The predicted molar refractivity (Wildman–Crippen MR) is 197 cm³/mol. The molecule has 9 aromatic rings. The van der Waals surface area contributed by atoms with Crippen molar-refractivity contribution in [1.82, 2.24) is 15.0 Å². The molecular formula is C43H26ClN3O. The monoisotopic (exact) mass is 635 g/mol. The summed E-state index contributed by atoms with van der Waals surface area (Å²) in [6.07, 6.45) is 0. The molecule has 226 valence electrons. The third-order valence-corrected chi connectivity index (χ3v) is 9.20. The van der Waals surface area contributed by atoms with Crippen LogP contribution in [0.1, 0.15) is 0 Å². The topological polar surface area (TPSA) is 51.8 Å². The highest BCUT2D eigenvalue weighted by atomic mass is 35.5. The minimum atomic E-state index is 0.563. The van der Waals surface area contributed by atoms with Crippen LogP contribution >= 0.6 is 11.6 Å². The maximum absolute atomic E-state index is 7.39. The number of hydrogen-bond donors (Lipinski definition) is 0. The summed E-state index contributed by atoms with van der Waals surface area (Å²) in [4.78, 5) is 15.7. The average Bonchev–Trinajstić information content (AvgIpc) is 3.55. The van der Waals surface area contributed by atoms with E-state index in [9.17, 15) is 0 Å². The van der Waals surface area contributed by atoms with Gasteiger partial charge in [-0.3, -0.25) is 0 Å². The molecule has 0 fully saturated rings. The molecule has 0 spiro atoms. The zero-order valence-electron chi connectivity index (χ0n) is 25.6. The van der Waals surface area contributed by atoms with E-state index in [1.54, 1.807) is 0 Å². The van der Waals surface area contributed by atoms with Gasteiger partial charge in [-0.1, -0.05) is 157 Å². The number of rotatable bonds is 5. The first-order chi connectivity index (χ1) is 23.7. The van der Waals surface area contributed by atoms with Gasteiger partial charge in [0.25, 0.3) is 0 Å². The summed E-state index contributed by atoms with van der Waals surface area (Å²) in [5.41, 5.74) is 8.20. The lowest BCUT2D eigenvalue weighted by atomic mass is 9.86. The van der Waals surface area contributed by atoms with Crippen LogP contribution in [0.5, 0.6) is 0 Å². The van der Waals surface area contributed by atoms with E-state index in [2.05, 4.69) is 60.7 Å². The van der Waals surface area contributed by atoms with Gasteiger partial charge in [0, 0.05) is 44.0 Å². The summed E-state index contributed by atoms with van der Waals surface area (Å²) in [7, 11) is 0. The second-order valence-electron chi connectivity index (χ2n) is 11.7. The second kappa shape index (κ2) is 11.6. The van der Waals surface area contributed by atoms with E-state index in [4.69, 9.17) is 31.0 Å². The Balaban J connectivity index is 1.44. The number of para-hydroxylation sites is 1. The van der Waals surface area contributed by atoms with E-state index in [1.165, 1.54) is 0 Å². The van der Waals surface area contributed by atoms with Gasteiger partial charge in [-0.05, 0) is 28.6 Å². The molecular weight excluding hydrogens is 610 g/mol. The lowest BCUT2D eigenvalue weighted by Crippen LogP contribution is -2.03. The first kappa shape index (κ1) is 28.1. The van der Waals surface area contributed by atoms with Crippen molar-refractivity contribution in [1.29, 1.82) is 0 Å². The van der Waals surface area contributed by atoms with Gasteiger partial charge in [0.2, 0.25) is 0 Å². The molecule has 2 aromatic heterocycles. The van der Waals surface area contributed by atoms with Crippen molar-refractivity contribution in [2.45, 2.75) is 0 Å². The number of fused-ring (bicyclic) bond motifs is 4. The number of benzene rings is 7. The predicted octanol–water partition coefficient (Wildman–Crippen LogP) is 11.9. The van der Waals surface area contributed by atoms with Gasteiger partial charge in [0.05, 0.1) is 5.02 Å². The van der Waals surface area contributed by atoms with Gasteiger partial charge >= 0.3 is 0 Å². The second-order valence-corrected chi connectivity index (χ2v) is 12.0. The Morgan fingerprint density at radius 3 is 1.60 bits per heavy atom. The van der Waals surface area contributed by atoms with Crippen LogP contribution in [0, 0.1) is 0 Å². The third-order valence-electron chi connectivity index (χ3n) is 8.81. The highest BCUT2D eigenvalue weighted by Crippen LogP contribution is 2.49. The fourth-order valence-electron chi connectivity index (χ4n) is 6.68. The van der Waals surface area contributed by atoms with Crippen LogP contribution in [0.4, 0.5) is 0 Å². The van der Waals surface area contributed by atoms with Crippen molar-refractivity contribution in [3.8, 4) is 56.4 Å². The highest BCUT2D eigenvalue weighted by Gasteiger charge is 2.25. The lowest BCUT2D eigenvalue weighted by Gasteiger charge is -2.21. The van der Waals surface area contributed by atoms with Crippen molar-refractivity contribution in [3.63, 3.8) is 0 Å². The van der Waals surface area contributed by atoms with Crippen molar-refractivity contribution in [2.24, 2.45) is 0 Å². The summed E-state index contributed by atoms with van der Waals surface area (Å²) in [6, 6.07) is 53.1. The van der Waals surface area contributed by atoms with E-state index in [0.29, 0.717) is 22.5 Å². The molecule has 0 saturated heterocycles. The molecule has 0 radical (unpaired) electrons. The Morgan fingerprint density at radius 2 is 0.896 bits per heavy atom. The molecule has 5 heteroatoms. The molecule has 2 heterocycles. The van der Waals surface area contributed by atoms with E-state index >= 15 is 0 Å². The lowest BCUT2D eigenvalue weighted by molar-refractivity contribution is 0.669. The summed E-state index contributed by atoms with van der Waals surface area (Å²) >= 11 is 7.39. The summed E-state index contributed by atoms with van der Waals surface area (Å²) in [5.74, 6) is 1.71. The molecule has 0 aliphatic carbocycles. The normalized spacial score (nSPS) is 11.4. The minimum absolute atomic E-state index is 0.563. The molecule has 4 nitrogen and oxygen atoms in total. The standard InChI is InChI=1S/C43H26ClN3O/c44-40-31-22-11-10-21-30(31)39(36(27-15-4-1-5-16-27)37(40)28-17-6-2-7-18-28)43-46-41(29-19-8-3-9-20-29)45-42(47-43)33-24-14-26-35-38(33)32-23-12-13-25-34(32)48-35/h1-26H. The molecule has 0 amide bonds. The molecule has 0 N–H and O–H groups in total. The summed E-state index contributed by atoms with van der Waals surface area (Å²) in [5, 5.41) is 4.56. The largest absolute Gasteiger partial charge is 0.456 e. The summed E-state index contributed by atoms with van der Waals surface area (Å²) < 4.78 is 6.27. The number of furan rings is 1. The Bertz CT molecular complexity index is 2620. The van der Waals surface area contributed by atoms with E-state index in [-0.39, 0.29) is 0 Å². The Kier molecular flexibility index (Phi) is 6.81. The van der Waals surface area contributed by atoms with Crippen LogP contribution in [0.3, 0.4) is 0 Å². The molecule has 0 aliphatic rings. The van der Waals surface area contributed by atoms with Gasteiger partial charge in [-0.25, -0.2) is 15.0 Å². The highest BCUT2D eigenvalue weighted by molar-refractivity contribution is 6.40. The summed E-state index contributed by atoms with van der Waals surface area (Å²) in [6.45, 7) is 0. The molecule has 0 atom stereocenters. The number of aromatic nitrogens is 3.